The van der Waals surface area contributed by atoms with Crippen LogP contribution in [0.5, 0.6) is 11.8 Å². The number of halogens is 2. The predicted molar refractivity (Wildman–Crippen MR) is 123 cm³/mol. The molecule has 1 aliphatic carbocycles. The highest BCUT2D eigenvalue weighted by molar-refractivity contribution is 5.84. The zero-order valence-corrected chi connectivity index (χ0v) is 18.4. The van der Waals surface area contributed by atoms with Crippen LogP contribution in [0.25, 0.3) is 39.0 Å². The fourth-order valence-electron chi connectivity index (χ4n) is 3.86. The highest BCUT2D eigenvalue weighted by Crippen LogP contribution is 2.27. The highest BCUT2D eigenvalue weighted by Gasteiger charge is 2.25. The summed E-state index contributed by atoms with van der Waals surface area (Å²) in [6.45, 7) is -2.95. The van der Waals surface area contributed by atoms with Gasteiger partial charge >= 0.3 is 12.6 Å². The second-order valence-corrected chi connectivity index (χ2v) is 8.23. The molecule has 0 unspecified atom stereocenters. The van der Waals surface area contributed by atoms with E-state index in [0.717, 1.165) is 23.7 Å². The molecule has 1 fully saturated rings. The largest absolute Gasteiger partial charge is 0.460 e. The topological polar surface area (TPSA) is 97.0 Å². The van der Waals surface area contributed by atoms with Gasteiger partial charge in [-0.3, -0.25) is 14.0 Å². The molecule has 0 bridgehead atoms. The Bertz CT molecular complexity index is 1630. The summed E-state index contributed by atoms with van der Waals surface area (Å²) in [5, 5.41) is 5.22. The smallest absolute Gasteiger partial charge is 0.387 e. The van der Waals surface area contributed by atoms with Gasteiger partial charge in [0.15, 0.2) is 5.65 Å². The minimum Gasteiger partial charge on any atom is -0.460 e. The zero-order chi connectivity index (χ0) is 24.1. The fourth-order valence-corrected chi connectivity index (χ4v) is 3.86. The van der Waals surface area contributed by atoms with Crippen molar-refractivity contribution in [1.29, 1.82) is 0 Å². The molecule has 0 amide bonds. The molecular formula is C24H18F2N6O3. The summed E-state index contributed by atoms with van der Waals surface area (Å²) in [5.74, 6) is -0.0233. The van der Waals surface area contributed by atoms with E-state index in [1.807, 2.05) is 25.4 Å². The number of hydrogen-bond donors (Lipinski definition) is 0. The third-order valence-electron chi connectivity index (χ3n) is 5.59. The van der Waals surface area contributed by atoms with E-state index >= 15 is 0 Å². The minimum atomic E-state index is -2.95. The van der Waals surface area contributed by atoms with Crippen LogP contribution < -0.4 is 15.0 Å². The van der Waals surface area contributed by atoms with Crippen molar-refractivity contribution in [2.45, 2.75) is 25.6 Å². The van der Waals surface area contributed by atoms with E-state index in [-0.39, 0.29) is 29.2 Å². The monoisotopic (exact) mass is 476 g/mol. The van der Waals surface area contributed by atoms with Crippen molar-refractivity contribution in [3.8, 4) is 28.7 Å². The molecule has 6 rings (SSSR count). The molecule has 1 aliphatic rings. The van der Waals surface area contributed by atoms with Crippen LogP contribution in [0, 0.1) is 0 Å². The zero-order valence-electron chi connectivity index (χ0n) is 18.4. The van der Waals surface area contributed by atoms with Gasteiger partial charge in [-0.25, -0.2) is 9.97 Å². The van der Waals surface area contributed by atoms with Crippen molar-refractivity contribution in [1.82, 2.24) is 29.3 Å². The van der Waals surface area contributed by atoms with E-state index in [0.29, 0.717) is 16.8 Å². The van der Waals surface area contributed by atoms with Crippen LogP contribution >= 0.6 is 0 Å². The lowest BCUT2D eigenvalue weighted by Crippen LogP contribution is -2.23. The minimum absolute atomic E-state index is 0.0233. The third-order valence-corrected chi connectivity index (χ3v) is 5.59. The maximum absolute atomic E-state index is 13.8. The van der Waals surface area contributed by atoms with Gasteiger partial charge in [0.25, 0.3) is 5.56 Å². The van der Waals surface area contributed by atoms with E-state index < -0.39 is 12.2 Å². The van der Waals surface area contributed by atoms with Crippen LogP contribution in [0.3, 0.4) is 0 Å². The van der Waals surface area contributed by atoms with E-state index in [4.69, 9.17) is 4.74 Å². The molecule has 0 N–H and O–H groups in total. The molecule has 3 heterocycles. The molecule has 176 valence electrons. The van der Waals surface area contributed by atoms with Gasteiger partial charge in [-0.2, -0.15) is 18.9 Å². The summed E-state index contributed by atoms with van der Waals surface area (Å²) in [5.41, 5.74) is 2.18. The quantitative estimate of drug-likeness (QED) is 0.367. The Labute approximate surface area is 196 Å². The Morgan fingerprint density at radius 1 is 1.06 bits per heavy atom. The maximum Gasteiger partial charge on any atom is 0.387 e. The first-order chi connectivity index (χ1) is 16.9. The van der Waals surface area contributed by atoms with Gasteiger partial charge in [-0.15, -0.1) is 0 Å². The molecule has 3 aromatic heterocycles. The van der Waals surface area contributed by atoms with Crippen LogP contribution in [0.2, 0.25) is 0 Å². The summed E-state index contributed by atoms with van der Waals surface area (Å²) >= 11 is 0. The Hall–Kier alpha value is -4.41. The molecule has 11 heteroatoms. The van der Waals surface area contributed by atoms with Gasteiger partial charge in [0.2, 0.25) is 0 Å². The molecule has 0 saturated heterocycles. The van der Waals surface area contributed by atoms with E-state index in [2.05, 4.69) is 24.8 Å². The Balaban J connectivity index is 1.55. The molecule has 5 aromatic rings. The summed E-state index contributed by atoms with van der Waals surface area (Å²) in [4.78, 5) is 27.0. The number of rotatable bonds is 6. The van der Waals surface area contributed by atoms with Crippen LogP contribution in [0.1, 0.15) is 12.8 Å². The number of fused-ring (bicyclic) bond motifs is 2. The van der Waals surface area contributed by atoms with Crippen LogP contribution in [0.15, 0.2) is 59.7 Å². The van der Waals surface area contributed by atoms with Gasteiger partial charge in [0, 0.05) is 24.2 Å². The van der Waals surface area contributed by atoms with Gasteiger partial charge in [-0.05, 0) is 49.2 Å². The fraction of sp³-hybridized carbons (Fsp3) is 0.208. The van der Waals surface area contributed by atoms with Gasteiger partial charge in [0.05, 0.1) is 17.4 Å². The van der Waals surface area contributed by atoms with Crippen LogP contribution in [-0.2, 0) is 7.05 Å². The SMILES string of the molecule is Cn1cc2cc(-c3nc4cnc(OC5CC5)nc4n(-c4ccc(OC(F)F)cc4)c3=O)ccc2n1. The second kappa shape index (κ2) is 8.12. The van der Waals surface area contributed by atoms with E-state index in [9.17, 15) is 13.6 Å². The lowest BCUT2D eigenvalue weighted by Gasteiger charge is -2.13. The second-order valence-electron chi connectivity index (χ2n) is 8.23. The van der Waals surface area contributed by atoms with Crippen molar-refractivity contribution < 1.29 is 18.3 Å². The lowest BCUT2D eigenvalue weighted by molar-refractivity contribution is -0.0498. The molecule has 9 nitrogen and oxygen atoms in total. The first kappa shape index (κ1) is 21.1. The molecule has 0 spiro atoms. The number of aromatic nitrogens is 6. The molecule has 35 heavy (non-hydrogen) atoms. The van der Waals surface area contributed by atoms with Crippen molar-refractivity contribution in [2.75, 3.05) is 0 Å². The third kappa shape index (κ3) is 4.05. The molecule has 2 aromatic carbocycles. The van der Waals surface area contributed by atoms with Crippen molar-refractivity contribution >= 4 is 22.1 Å². The Morgan fingerprint density at radius 3 is 2.60 bits per heavy atom. The molecular weight excluding hydrogens is 458 g/mol. The van der Waals surface area contributed by atoms with Gasteiger partial charge in [-0.1, -0.05) is 6.07 Å². The van der Waals surface area contributed by atoms with Gasteiger partial charge in [0.1, 0.15) is 23.1 Å². The number of hydrogen-bond acceptors (Lipinski definition) is 7. The number of ether oxygens (including phenoxy) is 2. The number of alkyl halides is 2. The maximum atomic E-state index is 13.8. The molecule has 1 saturated carbocycles. The predicted octanol–water partition coefficient (Wildman–Crippen LogP) is 3.87. The van der Waals surface area contributed by atoms with Crippen molar-refractivity contribution in [3.05, 3.63) is 65.2 Å². The number of benzene rings is 2. The van der Waals surface area contributed by atoms with Crippen molar-refractivity contribution in [3.63, 3.8) is 0 Å². The molecule has 0 atom stereocenters. The van der Waals surface area contributed by atoms with Crippen LogP contribution in [-0.4, -0.2) is 42.0 Å². The first-order valence-corrected chi connectivity index (χ1v) is 10.9. The van der Waals surface area contributed by atoms with E-state index in [1.165, 1.54) is 35.0 Å². The number of nitrogens with zero attached hydrogens (tertiary/aromatic N) is 6. The normalized spacial score (nSPS) is 13.6. The van der Waals surface area contributed by atoms with Crippen molar-refractivity contribution in [2.24, 2.45) is 7.05 Å². The number of aryl methyl sites for hydroxylation is 1. The molecule has 0 aliphatic heterocycles. The van der Waals surface area contributed by atoms with E-state index in [1.54, 1.807) is 10.7 Å². The first-order valence-electron chi connectivity index (χ1n) is 10.9. The average Bonchev–Trinajstić information content (AvgIpc) is 3.56. The van der Waals surface area contributed by atoms with Gasteiger partial charge < -0.3 is 9.47 Å². The lowest BCUT2D eigenvalue weighted by atomic mass is 10.1. The summed E-state index contributed by atoms with van der Waals surface area (Å²) < 4.78 is 38.4. The Kier molecular flexibility index (Phi) is 4.90. The van der Waals surface area contributed by atoms with Crippen LogP contribution in [0.4, 0.5) is 8.78 Å². The summed E-state index contributed by atoms with van der Waals surface area (Å²) in [7, 11) is 1.82. The highest BCUT2D eigenvalue weighted by atomic mass is 19.3. The standard InChI is InChI=1S/C24H18F2N6O3/c1-31-12-14-10-13(2-9-18(14)30-31)20-22(33)32(15-3-5-16(6-4-15)34-23(25)26)21-19(28-20)11-27-24(29-21)35-17-7-8-17/h2-6,9-12,17,23H,7-8H2,1H3. The average molecular weight is 476 g/mol. The Morgan fingerprint density at radius 2 is 1.86 bits per heavy atom. The summed E-state index contributed by atoms with van der Waals surface area (Å²) in [6.07, 6.45) is 5.28. The summed E-state index contributed by atoms with van der Waals surface area (Å²) in [6, 6.07) is 11.3. The molecule has 0 radical (unpaired) electrons.